The number of rotatable bonds is 7. The van der Waals surface area contributed by atoms with Crippen LogP contribution in [0.4, 0.5) is 4.39 Å². The van der Waals surface area contributed by atoms with Crippen molar-refractivity contribution >= 4 is 0 Å². The minimum absolute atomic E-state index is 0.115. The first-order valence-electron chi connectivity index (χ1n) is 6.86. The van der Waals surface area contributed by atoms with Gasteiger partial charge < -0.3 is 0 Å². The highest BCUT2D eigenvalue weighted by molar-refractivity contribution is 5.27. The van der Waals surface area contributed by atoms with Gasteiger partial charge in [-0.3, -0.25) is 11.3 Å². The Kier molecular flexibility index (Phi) is 6.30. The van der Waals surface area contributed by atoms with Crippen LogP contribution in [0.5, 0.6) is 0 Å². The predicted molar refractivity (Wildman–Crippen MR) is 74.5 cm³/mol. The molecule has 0 bridgehead atoms. The van der Waals surface area contributed by atoms with Gasteiger partial charge in [0.1, 0.15) is 5.82 Å². The summed E-state index contributed by atoms with van der Waals surface area (Å²) in [4.78, 5) is 0. The standard InChI is InChI=1S/C15H25FN2/c1-4-6-12(7-5-2)15(18-17)13-8-9-14(16)11(3)10-13/h8-10,12,15,18H,4-7,17H2,1-3H3. The molecule has 0 radical (unpaired) electrons. The molecule has 18 heavy (non-hydrogen) atoms. The molecule has 0 fully saturated rings. The van der Waals surface area contributed by atoms with E-state index >= 15 is 0 Å². The predicted octanol–water partition coefficient (Wildman–Crippen LogP) is 3.85. The first-order valence-corrected chi connectivity index (χ1v) is 6.86. The molecular formula is C15H25FN2. The number of aryl methyl sites for hydroxylation is 1. The zero-order valence-corrected chi connectivity index (χ0v) is 11.7. The van der Waals surface area contributed by atoms with Gasteiger partial charge in [-0.2, -0.15) is 0 Å². The van der Waals surface area contributed by atoms with Crippen LogP contribution >= 0.6 is 0 Å². The van der Waals surface area contributed by atoms with Crippen molar-refractivity contribution < 1.29 is 4.39 Å². The number of hydrogen-bond acceptors (Lipinski definition) is 2. The molecule has 0 saturated carbocycles. The third-order valence-corrected chi connectivity index (χ3v) is 3.51. The van der Waals surface area contributed by atoms with Crippen molar-refractivity contribution in [1.29, 1.82) is 0 Å². The highest BCUT2D eigenvalue weighted by Gasteiger charge is 2.21. The van der Waals surface area contributed by atoms with Gasteiger partial charge in [-0.05, 0) is 42.9 Å². The van der Waals surface area contributed by atoms with Gasteiger partial charge in [-0.15, -0.1) is 0 Å². The van der Waals surface area contributed by atoms with Gasteiger partial charge in [-0.25, -0.2) is 4.39 Å². The van der Waals surface area contributed by atoms with Crippen molar-refractivity contribution in [1.82, 2.24) is 5.43 Å². The van der Waals surface area contributed by atoms with Gasteiger partial charge >= 0.3 is 0 Å². The van der Waals surface area contributed by atoms with E-state index in [1.807, 2.05) is 12.1 Å². The van der Waals surface area contributed by atoms with E-state index in [4.69, 9.17) is 5.84 Å². The molecule has 0 heterocycles. The highest BCUT2D eigenvalue weighted by atomic mass is 19.1. The lowest BCUT2D eigenvalue weighted by atomic mass is 9.86. The average Bonchev–Trinajstić information content (AvgIpc) is 2.35. The first-order chi connectivity index (χ1) is 8.63. The van der Waals surface area contributed by atoms with E-state index in [2.05, 4.69) is 19.3 Å². The summed E-state index contributed by atoms with van der Waals surface area (Å²) in [7, 11) is 0. The van der Waals surface area contributed by atoms with E-state index in [0.29, 0.717) is 11.5 Å². The van der Waals surface area contributed by atoms with Crippen LogP contribution in [0, 0.1) is 18.7 Å². The van der Waals surface area contributed by atoms with Crippen LogP contribution in [0.25, 0.3) is 0 Å². The molecule has 3 N–H and O–H groups in total. The fourth-order valence-corrected chi connectivity index (χ4v) is 2.59. The van der Waals surface area contributed by atoms with Crippen LogP contribution in [-0.4, -0.2) is 0 Å². The van der Waals surface area contributed by atoms with Gasteiger partial charge in [0.25, 0.3) is 0 Å². The third-order valence-electron chi connectivity index (χ3n) is 3.51. The summed E-state index contributed by atoms with van der Waals surface area (Å²) in [6.07, 6.45) is 4.56. The molecule has 0 aromatic heterocycles. The smallest absolute Gasteiger partial charge is 0.126 e. The second-order valence-electron chi connectivity index (χ2n) is 4.99. The normalized spacial score (nSPS) is 13.0. The van der Waals surface area contributed by atoms with Crippen LogP contribution in [0.3, 0.4) is 0 Å². The Morgan fingerprint density at radius 3 is 2.28 bits per heavy atom. The van der Waals surface area contributed by atoms with E-state index in [1.165, 1.54) is 6.07 Å². The molecule has 0 amide bonds. The molecule has 0 aliphatic rings. The summed E-state index contributed by atoms with van der Waals surface area (Å²) in [5.41, 5.74) is 4.68. The molecule has 102 valence electrons. The van der Waals surface area contributed by atoms with Crippen molar-refractivity contribution in [2.45, 2.75) is 52.5 Å². The van der Waals surface area contributed by atoms with Crippen LogP contribution in [0.2, 0.25) is 0 Å². The van der Waals surface area contributed by atoms with Gasteiger partial charge in [-0.1, -0.05) is 38.8 Å². The summed E-state index contributed by atoms with van der Waals surface area (Å²) >= 11 is 0. The molecule has 1 aromatic carbocycles. The Labute approximate surface area is 110 Å². The summed E-state index contributed by atoms with van der Waals surface area (Å²) in [6, 6.07) is 5.39. The fourth-order valence-electron chi connectivity index (χ4n) is 2.59. The molecule has 0 saturated heterocycles. The van der Waals surface area contributed by atoms with Gasteiger partial charge in [0.05, 0.1) is 0 Å². The topological polar surface area (TPSA) is 38.0 Å². The maximum atomic E-state index is 13.3. The summed E-state index contributed by atoms with van der Waals surface area (Å²) < 4.78 is 13.3. The number of benzene rings is 1. The van der Waals surface area contributed by atoms with E-state index < -0.39 is 0 Å². The summed E-state index contributed by atoms with van der Waals surface area (Å²) in [6.45, 7) is 6.17. The van der Waals surface area contributed by atoms with Crippen LogP contribution in [0.15, 0.2) is 18.2 Å². The zero-order chi connectivity index (χ0) is 13.5. The molecule has 0 aliphatic carbocycles. The molecule has 0 aliphatic heterocycles. The molecule has 3 heteroatoms. The summed E-state index contributed by atoms with van der Waals surface area (Å²) in [5, 5.41) is 0. The second kappa shape index (κ2) is 7.49. The van der Waals surface area contributed by atoms with E-state index in [1.54, 1.807) is 6.92 Å². The Hall–Kier alpha value is -0.930. The van der Waals surface area contributed by atoms with Crippen molar-refractivity contribution in [3.05, 3.63) is 35.1 Å². The number of hydrazine groups is 1. The number of halogens is 1. The lowest BCUT2D eigenvalue weighted by molar-refractivity contribution is 0.319. The minimum atomic E-state index is -0.156. The lowest BCUT2D eigenvalue weighted by Crippen LogP contribution is -2.33. The van der Waals surface area contributed by atoms with E-state index in [0.717, 1.165) is 31.2 Å². The lowest BCUT2D eigenvalue weighted by Gasteiger charge is -2.27. The highest BCUT2D eigenvalue weighted by Crippen LogP contribution is 2.29. The van der Waals surface area contributed by atoms with Crippen molar-refractivity contribution in [3.8, 4) is 0 Å². The van der Waals surface area contributed by atoms with Crippen LogP contribution < -0.4 is 11.3 Å². The SMILES string of the molecule is CCCC(CCC)C(NN)c1ccc(F)c(C)c1. The Bertz CT molecular complexity index is 360. The molecule has 1 aromatic rings. The van der Waals surface area contributed by atoms with E-state index in [-0.39, 0.29) is 11.9 Å². The molecular weight excluding hydrogens is 227 g/mol. The quantitative estimate of drug-likeness (QED) is 0.571. The Balaban J connectivity index is 2.94. The molecule has 1 unspecified atom stereocenters. The Morgan fingerprint density at radius 2 is 1.83 bits per heavy atom. The minimum Gasteiger partial charge on any atom is -0.271 e. The fraction of sp³-hybridized carbons (Fsp3) is 0.600. The number of hydrogen-bond donors (Lipinski definition) is 2. The molecule has 0 spiro atoms. The maximum Gasteiger partial charge on any atom is 0.126 e. The van der Waals surface area contributed by atoms with Gasteiger partial charge in [0.2, 0.25) is 0 Å². The van der Waals surface area contributed by atoms with Gasteiger partial charge in [0, 0.05) is 6.04 Å². The first kappa shape index (κ1) is 15.1. The second-order valence-corrected chi connectivity index (χ2v) is 4.99. The zero-order valence-electron chi connectivity index (χ0n) is 11.7. The number of nitrogens with two attached hydrogens (primary N) is 1. The van der Waals surface area contributed by atoms with Gasteiger partial charge in [0.15, 0.2) is 0 Å². The maximum absolute atomic E-state index is 13.3. The van der Waals surface area contributed by atoms with Crippen LogP contribution in [-0.2, 0) is 0 Å². The van der Waals surface area contributed by atoms with E-state index in [9.17, 15) is 4.39 Å². The molecule has 1 rings (SSSR count). The van der Waals surface area contributed by atoms with Crippen molar-refractivity contribution in [2.24, 2.45) is 11.8 Å². The van der Waals surface area contributed by atoms with Crippen LogP contribution in [0.1, 0.15) is 56.7 Å². The monoisotopic (exact) mass is 252 g/mol. The van der Waals surface area contributed by atoms with Crippen molar-refractivity contribution in [2.75, 3.05) is 0 Å². The van der Waals surface area contributed by atoms with Crippen molar-refractivity contribution in [3.63, 3.8) is 0 Å². The molecule has 2 nitrogen and oxygen atoms in total. The molecule has 1 atom stereocenters. The largest absolute Gasteiger partial charge is 0.271 e. The number of nitrogens with one attached hydrogen (secondary N) is 1. The average molecular weight is 252 g/mol. The Morgan fingerprint density at radius 1 is 1.22 bits per heavy atom. The third kappa shape index (κ3) is 3.79. The summed E-state index contributed by atoms with van der Waals surface area (Å²) in [5.74, 6) is 6.06.